The number of ether oxygens (including phenoxy) is 2. The van der Waals surface area contributed by atoms with Crippen molar-refractivity contribution < 1.29 is 19.7 Å². The molecule has 184 valence electrons. The number of halogens is 1. The highest BCUT2D eigenvalue weighted by atomic mass is 79.9. The van der Waals surface area contributed by atoms with Gasteiger partial charge in [-0.1, -0.05) is 58.4 Å². The molecule has 1 aliphatic carbocycles. The van der Waals surface area contributed by atoms with Crippen molar-refractivity contribution in [2.45, 2.75) is 23.2 Å². The van der Waals surface area contributed by atoms with Crippen molar-refractivity contribution in [3.05, 3.63) is 88.2 Å². The second-order valence-electron chi connectivity index (χ2n) is 9.13. The van der Waals surface area contributed by atoms with Crippen LogP contribution in [-0.4, -0.2) is 55.1 Å². The van der Waals surface area contributed by atoms with E-state index in [1.807, 2.05) is 61.6 Å². The van der Waals surface area contributed by atoms with Gasteiger partial charge in [-0.15, -0.1) is 0 Å². The van der Waals surface area contributed by atoms with E-state index in [2.05, 4.69) is 31.5 Å². The number of fused-ring (bicyclic) bond motifs is 3. The Labute approximate surface area is 213 Å². The number of nitrogens with zero attached hydrogens (tertiary/aromatic N) is 1. The maximum Gasteiger partial charge on any atom is 0.177 e. The van der Waals surface area contributed by atoms with Crippen LogP contribution in [0.4, 0.5) is 0 Å². The molecule has 5 rings (SSSR count). The molecule has 0 bridgehead atoms. The molecule has 2 unspecified atom stereocenters. The molecule has 0 spiro atoms. The van der Waals surface area contributed by atoms with Gasteiger partial charge in [0.2, 0.25) is 0 Å². The van der Waals surface area contributed by atoms with Crippen molar-refractivity contribution in [1.29, 1.82) is 0 Å². The quantitative estimate of drug-likeness (QED) is 0.327. The second-order valence-corrected chi connectivity index (χ2v) is 10.0. The third-order valence-corrected chi connectivity index (χ3v) is 7.91. The number of aliphatic hydroxyl groups excluding tert-OH is 1. The standard InChI is InChI=1S/C27H30BrN3O4/c1-29-12-13-30-14-20-23(17-6-4-3-5-7-17)27(18-8-10-19(28)11-9-18)26(33,25(20)32)24-21(34-2)15-31-16-22(24)35-27/h3-11,15-16,20,23,25,29-30,32-33H,12-14H2,1-2H3/t20?,23?,25-,26+,27+/m1/s1. The third kappa shape index (κ3) is 3.58. The summed E-state index contributed by atoms with van der Waals surface area (Å²) in [6.45, 7) is 2.02. The Bertz CT molecular complexity index is 1180. The van der Waals surface area contributed by atoms with E-state index in [1.54, 1.807) is 12.4 Å². The minimum Gasteiger partial charge on any atom is -0.495 e. The molecule has 2 aromatic carbocycles. The maximum absolute atomic E-state index is 12.7. The van der Waals surface area contributed by atoms with Crippen LogP contribution < -0.4 is 20.1 Å². The summed E-state index contributed by atoms with van der Waals surface area (Å²) in [5, 5.41) is 31.3. The number of hydrogen-bond donors (Lipinski definition) is 4. The topological polar surface area (TPSA) is 95.9 Å². The van der Waals surface area contributed by atoms with Crippen LogP contribution in [0.15, 0.2) is 71.5 Å². The Morgan fingerprint density at radius 3 is 2.51 bits per heavy atom. The molecule has 1 aliphatic heterocycles. The van der Waals surface area contributed by atoms with E-state index < -0.39 is 17.3 Å². The predicted octanol–water partition coefficient (Wildman–Crippen LogP) is 2.91. The first-order valence-electron chi connectivity index (χ1n) is 11.8. The van der Waals surface area contributed by atoms with Crippen molar-refractivity contribution in [3.8, 4) is 11.5 Å². The summed E-state index contributed by atoms with van der Waals surface area (Å²) in [6.07, 6.45) is 2.00. The number of rotatable bonds is 8. The average Bonchev–Trinajstić information content (AvgIpc) is 3.26. The predicted molar refractivity (Wildman–Crippen MR) is 137 cm³/mol. The summed E-state index contributed by atoms with van der Waals surface area (Å²) < 4.78 is 13.3. The molecule has 2 aliphatic rings. The minimum absolute atomic E-state index is 0.353. The SMILES string of the molecule is CNCCNCC1C(c2ccccc2)[C@]2(c3ccc(Br)cc3)Oc3cncc(OC)c3[C@]2(O)[C@@H]1O. The lowest BCUT2D eigenvalue weighted by atomic mass is 9.70. The Morgan fingerprint density at radius 2 is 1.83 bits per heavy atom. The summed E-state index contributed by atoms with van der Waals surface area (Å²) in [5.41, 5.74) is -0.898. The molecule has 1 aromatic heterocycles. The van der Waals surface area contributed by atoms with Crippen molar-refractivity contribution in [1.82, 2.24) is 15.6 Å². The van der Waals surface area contributed by atoms with Crippen molar-refractivity contribution >= 4 is 15.9 Å². The van der Waals surface area contributed by atoms with E-state index in [1.165, 1.54) is 7.11 Å². The normalized spacial score (nSPS) is 28.9. The van der Waals surface area contributed by atoms with Gasteiger partial charge in [-0.25, -0.2) is 0 Å². The number of nitrogens with one attached hydrogen (secondary N) is 2. The number of aromatic nitrogens is 1. The van der Waals surface area contributed by atoms with Gasteiger partial charge < -0.3 is 30.3 Å². The van der Waals surface area contributed by atoms with Crippen LogP contribution in [0.5, 0.6) is 11.5 Å². The Balaban J connectivity index is 1.76. The minimum atomic E-state index is -1.78. The molecule has 2 heterocycles. The van der Waals surface area contributed by atoms with Crippen LogP contribution in [0, 0.1) is 5.92 Å². The van der Waals surface area contributed by atoms with Crippen LogP contribution >= 0.6 is 15.9 Å². The van der Waals surface area contributed by atoms with Gasteiger partial charge in [0.1, 0.15) is 11.5 Å². The van der Waals surface area contributed by atoms with Gasteiger partial charge in [-0.2, -0.15) is 0 Å². The van der Waals surface area contributed by atoms with E-state index in [4.69, 9.17) is 9.47 Å². The summed E-state index contributed by atoms with van der Waals surface area (Å²) in [6, 6.07) is 17.7. The molecule has 0 saturated heterocycles. The number of methoxy groups -OCH3 is 1. The van der Waals surface area contributed by atoms with Gasteiger partial charge in [0.15, 0.2) is 11.2 Å². The van der Waals surface area contributed by atoms with Gasteiger partial charge in [0, 0.05) is 35.9 Å². The highest BCUT2D eigenvalue weighted by Crippen LogP contribution is 2.69. The summed E-state index contributed by atoms with van der Waals surface area (Å²) in [7, 11) is 3.44. The molecule has 7 nitrogen and oxygen atoms in total. The van der Waals surface area contributed by atoms with E-state index in [0.29, 0.717) is 23.6 Å². The van der Waals surface area contributed by atoms with E-state index >= 15 is 0 Å². The first-order chi connectivity index (χ1) is 17.0. The maximum atomic E-state index is 12.7. The first-order valence-corrected chi connectivity index (χ1v) is 12.6. The lowest BCUT2D eigenvalue weighted by molar-refractivity contribution is -0.152. The lowest BCUT2D eigenvalue weighted by Crippen LogP contribution is -2.52. The monoisotopic (exact) mass is 539 g/mol. The zero-order chi connectivity index (χ0) is 24.6. The van der Waals surface area contributed by atoms with Gasteiger partial charge in [-0.3, -0.25) is 4.98 Å². The highest BCUT2D eigenvalue weighted by molar-refractivity contribution is 9.10. The average molecular weight is 540 g/mol. The Kier molecular flexibility index (Phi) is 6.59. The highest BCUT2D eigenvalue weighted by Gasteiger charge is 2.76. The third-order valence-electron chi connectivity index (χ3n) is 7.38. The largest absolute Gasteiger partial charge is 0.495 e. The summed E-state index contributed by atoms with van der Waals surface area (Å²) >= 11 is 3.52. The molecular weight excluding hydrogens is 510 g/mol. The Morgan fingerprint density at radius 1 is 1.09 bits per heavy atom. The number of pyridine rings is 1. The Hall–Kier alpha value is -2.49. The van der Waals surface area contributed by atoms with Crippen LogP contribution in [-0.2, 0) is 11.2 Å². The molecule has 8 heteroatoms. The molecule has 0 amide bonds. The summed E-state index contributed by atoms with van der Waals surface area (Å²) in [4.78, 5) is 4.27. The fourth-order valence-electron chi connectivity index (χ4n) is 5.94. The van der Waals surface area contributed by atoms with E-state index in [0.717, 1.165) is 28.7 Å². The van der Waals surface area contributed by atoms with Gasteiger partial charge in [0.05, 0.1) is 31.2 Å². The molecular formula is C27H30BrN3O4. The van der Waals surface area contributed by atoms with E-state index in [9.17, 15) is 10.2 Å². The molecule has 0 radical (unpaired) electrons. The van der Waals surface area contributed by atoms with Crippen molar-refractivity contribution in [2.75, 3.05) is 33.8 Å². The zero-order valence-electron chi connectivity index (χ0n) is 19.7. The fraction of sp³-hybridized carbons (Fsp3) is 0.370. The number of aliphatic hydroxyl groups is 2. The lowest BCUT2D eigenvalue weighted by Gasteiger charge is -2.41. The van der Waals surface area contributed by atoms with Gasteiger partial charge in [-0.05, 0) is 30.3 Å². The van der Waals surface area contributed by atoms with Crippen LogP contribution in [0.2, 0.25) is 0 Å². The molecule has 35 heavy (non-hydrogen) atoms. The van der Waals surface area contributed by atoms with E-state index in [-0.39, 0.29) is 11.8 Å². The number of benzene rings is 2. The van der Waals surface area contributed by atoms with Crippen LogP contribution in [0.25, 0.3) is 0 Å². The van der Waals surface area contributed by atoms with Crippen LogP contribution in [0.1, 0.15) is 22.6 Å². The molecule has 5 atom stereocenters. The molecule has 3 aromatic rings. The smallest absolute Gasteiger partial charge is 0.177 e. The number of hydrogen-bond acceptors (Lipinski definition) is 7. The van der Waals surface area contributed by atoms with Gasteiger partial charge >= 0.3 is 0 Å². The van der Waals surface area contributed by atoms with Crippen molar-refractivity contribution in [2.24, 2.45) is 5.92 Å². The summed E-state index contributed by atoms with van der Waals surface area (Å²) in [5.74, 6) is 0.0768. The zero-order valence-corrected chi connectivity index (χ0v) is 21.3. The molecule has 1 fully saturated rings. The first kappa shape index (κ1) is 24.2. The van der Waals surface area contributed by atoms with Crippen LogP contribution in [0.3, 0.4) is 0 Å². The fourth-order valence-corrected chi connectivity index (χ4v) is 6.20. The van der Waals surface area contributed by atoms with Crippen molar-refractivity contribution in [3.63, 3.8) is 0 Å². The number of likely N-dealkylation sites (N-methyl/N-ethyl adjacent to an activating group) is 1. The van der Waals surface area contributed by atoms with Gasteiger partial charge in [0.25, 0.3) is 0 Å². The second kappa shape index (κ2) is 9.52. The molecule has 1 saturated carbocycles. The molecule has 4 N–H and O–H groups in total.